The molecule has 1 amide bonds. The van der Waals surface area contributed by atoms with Crippen molar-refractivity contribution < 1.29 is 4.79 Å². The van der Waals surface area contributed by atoms with Crippen molar-refractivity contribution in [3.8, 4) is 0 Å². The molecule has 1 unspecified atom stereocenters. The molecular formula is C16H24BrClN2O. The predicted molar refractivity (Wildman–Crippen MR) is 93.8 cm³/mol. The van der Waals surface area contributed by atoms with Crippen molar-refractivity contribution in [2.45, 2.75) is 40.0 Å². The molecule has 0 aliphatic rings. The number of hydrogen-bond donors (Lipinski definition) is 2. The molecule has 1 rings (SSSR count). The fraction of sp³-hybridized carbons (Fsp3) is 0.562. The quantitative estimate of drug-likeness (QED) is 0.722. The van der Waals surface area contributed by atoms with Gasteiger partial charge in [0.25, 0.3) is 0 Å². The van der Waals surface area contributed by atoms with Crippen LogP contribution in [0.15, 0.2) is 16.6 Å². The fourth-order valence-corrected chi connectivity index (χ4v) is 3.02. The lowest BCUT2D eigenvalue weighted by atomic mass is 9.88. The number of aryl methyl sites for hydroxylation is 1. The summed E-state index contributed by atoms with van der Waals surface area (Å²) in [6.45, 7) is 6.95. The number of nitrogens with two attached hydrogens (primary N) is 1. The normalized spacial score (nSPS) is 12.5. The summed E-state index contributed by atoms with van der Waals surface area (Å²) in [5, 5.41) is 3.56. The van der Waals surface area contributed by atoms with Gasteiger partial charge in [-0.25, -0.2) is 0 Å². The molecule has 0 aliphatic heterocycles. The number of anilines is 1. The van der Waals surface area contributed by atoms with E-state index in [1.807, 2.05) is 13.0 Å². The molecule has 1 aromatic rings. The minimum atomic E-state index is 0.0123. The average molecular weight is 376 g/mol. The molecule has 1 aromatic carbocycles. The smallest absolute Gasteiger partial charge is 0.224 e. The van der Waals surface area contributed by atoms with Crippen molar-refractivity contribution in [3.63, 3.8) is 0 Å². The third-order valence-electron chi connectivity index (χ3n) is 3.74. The van der Waals surface area contributed by atoms with Crippen LogP contribution in [-0.4, -0.2) is 12.5 Å². The number of rotatable bonds is 7. The van der Waals surface area contributed by atoms with Crippen LogP contribution in [-0.2, 0) is 4.79 Å². The van der Waals surface area contributed by atoms with Crippen molar-refractivity contribution in [1.29, 1.82) is 0 Å². The van der Waals surface area contributed by atoms with Gasteiger partial charge in [0.15, 0.2) is 0 Å². The molecule has 0 fully saturated rings. The summed E-state index contributed by atoms with van der Waals surface area (Å²) in [6.07, 6.45) is 2.32. The first-order valence-corrected chi connectivity index (χ1v) is 8.47. The highest BCUT2D eigenvalue weighted by Gasteiger charge is 2.15. The van der Waals surface area contributed by atoms with Gasteiger partial charge in [0.2, 0.25) is 5.91 Å². The lowest BCUT2D eigenvalue weighted by molar-refractivity contribution is -0.116. The van der Waals surface area contributed by atoms with Gasteiger partial charge in [0.1, 0.15) is 0 Å². The number of carbonyl (C=O) groups is 1. The number of benzene rings is 1. The molecule has 0 saturated carbocycles. The Morgan fingerprint density at radius 1 is 1.38 bits per heavy atom. The molecule has 21 heavy (non-hydrogen) atoms. The molecule has 5 heteroatoms. The monoisotopic (exact) mass is 374 g/mol. The lowest BCUT2D eigenvalue weighted by Crippen LogP contribution is -2.18. The van der Waals surface area contributed by atoms with Crippen LogP contribution >= 0.6 is 27.5 Å². The maximum Gasteiger partial charge on any atom is 0.224 e. The van der Waals surface area contributed by atoms with Crippen LogP contribution in [0.4, 0.5) is 5.69 Å². The highest BCUT2D eigenvalue weighted by molar-refractivity contribution is 9.10. The van der Waals surface area contributed by atoms with Crippen LogP contribution < -0.4 is 11.1 Å². The van der Waals surface area contributed by atoms with Gasteiger partial charge in [0.05, 0.1) is 5.69 Å². The Labute approximate surface area is 140 Å². The van der Waals surface area contributed by atoms with Crippen LogP contribution in [0.5, 0.6) is 0 Å². The number of nitrogens with one attached hydrogen (secondary N) is 1. The second-order valence-corrected chi connectivity index (χ2v) is 7.01. The number of amides is 1. The Morgan fingerprint density at radius 3 is 2.62 bits per heavy atom. The number of carbonyl (C=O) groups excluding carboxylic acids is 1. The van der Waals surface area contributed by atoms with Crippen LogP contribution in [0.3, 0.4) is 0 Å². The minimum absolute atomic E-state index is 0.0123. The standard InChI is InChI=1S/C16H24BrClN2O/c1-10(2)12(6-7-19)4-5-16(21)20-15-9-14(18)11(3)8-13(15)17/h8-10,12H,4-7,19H2,1-3H3,(H,20,21). The molecule has 118 valence electrons. The summed E-state index contributed by atoms with van der Waals surface area (Å²) in [6, 6.07) is 3.68. The molecule has 0 heterocycles. The second kappa shape index (κ2) is 8.76. The highest BCUT2D eigenvalue weighted by atomic mass is 79.9. The van der Waals surface area contributed by atoms with Gasteiger partial charge < -0.3 is 11.1 Å². The van der Waals surface area contributed by atoms with E-state index in [9.17, 15) is 4.79 Å². The van der Waals surface area contributed by atoms with E-state index in [1.165, 1.54) is 0 Å². The van der Waals surface area contributed by atoms with Crippen molar-refractivity contribution >= 4 is 39.1 Å². The molecule has 0 radical (unpaired) electrons. The molecule has 0 saturated heterocycles. The van der Waals surface area contributed by atoms with Crippen molar-refractivity contribution in [3.05, 3.63) is 27.2 Å². The lowest BCUT2D eigenvalue weighted by Gasteiger charge is -2.19. The van der Waals surface area contributed by atoms with Gasteiger partial charge in [-0.05, 0) is 71.8 Å². The van der Waals surface area contributed by atoms with E-state index in [-0.39, 0.29) is 5.91 Å². The van der Waals surface area contributed by atoms with E-state index in [0.29, 0.717) is 29.8 Å². The highest BCUT2D eigenvalue weighted by Crippen LogP contribution is 2.29. The van der Waals surface area contributed by atoms with E-state index >= 15 is 0 Å². The third kappa shape index (κ3) is 5.97. The largest absolute Gasteiger partial charge is 0.330 e. The molecule has 0 spiro atoms. The first-order valence-electron chi connectivity index (χ1n) is 7.30. The van der Waals surface area contributed by atoms with E-state index < -0.39 is 0 Å². The average Bonchev–Trinajstić information content (AvgIpc) is 2.40. The van der Waals surface area contributed by atoms with E-state index in [1.54, 1.807) is 6.07 Å². The van der Waals surface area contributed by atoms with Gasteiger partial charge in [-0.15, -0.1) is 0 Å². The Bertz CT molecular complexity index is 491. The Hall–Kier alpha value is -0.580. The summed E-state index contributed by atoms with van der Waals surface area (Å²) in [5.74, 6) is 1.05. The van der Waals surface area contributed by atoms with E-state index in [2.05, 4.69) is 35.1 Å². The Balaban J connectivity index is 2.60. The Morgan fingerprint density at radius 2 is 2.05 bits per heavy atom. The number of hydrogen-bond acceptors (Lipinski definition) is 2. The maximum absolute atomic E-state index is 12.1. The van der Waals surface area contributed by atoms with E-state index in [4.69, 9.17) is 17.3 Å². The van der Waals surface area contributed by atoms with Crippen LogP contribution in [0, 0.1) is 18.8 Å². The fourth-order valence-electron chi connectivity index (χ4n) is 2.30. The van der Waals surface area contributed by atoms with Crippen molar-refractivity contribution in [1.82, 2.24) is 0 Å². The van der Waals surface area contributed by atoms with Gasteiger partial charge in [-0.3, -0.25) is 4.79 Å². The van der Waals surface area contributed by atoms with E-state index in [0.717, 1.165) is 28.6 Å². The summed E-state index contributed by atoms with van der Waals surface area (Å²) >= 11 is 9.54. The third-order valence-corrected chi connectivity index (χ3v) is 4.81. The van der Waals surface area contributed by atoms with Gasteiger partial charge in [0, 0.05) is 15.9 Å². The summed E-state index contributed by atoms with van der Waals surface area (Å²) in [4.78, 5) is 12.1. The molecule has 1 atom stereocenters. The first kappa shape index (κ1) is 18.5. The summed E-state index contributed by atoms with van der Waals surface area (Å²) in [7, 11) is 0. The zero-order valence-corrected chi connectivity index (χ0v) is 15.2. The summed E-state index contributed by atoms with van der Waals surface area (Å²) < 4.78 is 0.847. The molecule has 3 N–H and O–H groups in total. The Kier molecular flexibility index (Phi) is 7.71. The molecule has 0 aliphatic carbocycles. The topological polar surface area (TPSA) is 55.1 Å². The zero-order chi connectivity index (χ0) is 16.0. The van der Waals surface area contributed by atoms with Gasteiger partial charge in [-0.1, -0.05) is 25.4 Å². The van der Waals surface area contributed by atoms with Crippen LogP contribution in [0.2, 0.25) is 5.02 Å². The molecule has 3 nitrogen and oxygen atoms in total. The molecular weight excluding hydrogens is 352 g/mol. The zero-order valence-electron chi connectivity index (χ0n) is 12.9. The number of halogens is 2. The van der Waals surface area contributed by atoms with Crippen molar-refractivity contribution in [2.75, 3.05) is 11.9 Å². The SMILES string of the molecule is Cc1cc(Br)c(NC(=O)CCC(CCN)C(C)C)cc1Cl. The minimum Gasteiger partial charge on any atom is -0.330 e. The molecule has 0 bridgehead atoms. The second-order valence-electron chi connectivity index (χ2n) is 5.75. The predicted octanol–water partition coefficient (Wildman–Crippen LogP) is 4.75. The van der Waals surface area contributed by atoms with Crippen LogP contribution in [0.1, 0.15) is 38.7 Å². The summed E-state index contributed by atoms with van der Waals surface area (Å²) in [5.41, 5.74) is 7.32. The van der Waals surface area contributed by atoms with Crippen molar-refractivity contribution in [2.24, 2.45) is 17.6 Å². The van der Waals surface area contributed by atoms with Crippen LogP contribution in [0.25, 0.3) is 0 Å². The first-order chi connectivity index (χ1) is 9.85. The maximum atomic E-state index is 12.1. The molecule has 0 aromatic heterocycles. The van der Waals surface area contributed by atoms with Gasteiger partial charge in [-0.2, -0.15) is 0 Å². The van der Waals surface area contributed by atoms with Gasteiger partial charge >= 0.3 is 0 Å².